The number of methoxy groups -OCH3 is 1. The lowest BCUT2D eigenvalue weighted by Gasteiger charge is -2.00. The number of rotatable bonds is 6. The zero-order valence-corrected chi connectivity index (χ0v) is 12.1. The van der Waals surface area contributed by atoms with Crippen LogP contribution in [0, 0.1) is 0 Å². The number of carbonyl (C=O) groups is 2. The molecule has 0 atom stereocenters. The summed E-state index contributed by atoms with van der Waals surface area (Å²) < 4.78 is 26.3. The van der Waals surface area contributed by atoms with Crippen LogP contribution in [0.1, 0.15) is 12.1 Å². The van der Waals surface area contributed by atoms with Crippen molar-refractivity contribution in [2.75, 3.05) is 24.4 Å². The van der Waals surface area contributed by atoms with E-state index in [9.17, 15) is 18.0 Å². The standard InChI is InChI=1S/C10H14N2O5S2/c1-17-9(14)5-7-6-18-10(11-7)12-8(13)3-4-19(2,15)16/h6H,3-5H2,1-2H3,(H,11,12,13). The van der Waals surface area contributed by atoms with E-state index in [1.165, 1.54) is 7.11 Å². The fourth-order valence-electron chi connectivity index (χ4n) is 1.13. The third kappa shape index (κ3) is 6.30. The highest BCUT2D eigenvalue weighted by molar-refractivity contribution is 7.90. The molecule has 0 radical (unpaired) electrons. The minimum atomic E-state index is -3.16. The number of sulfone groups is 1. The fourth-order valence-corrected chi connectivity index (χ4v) is 2.41. The largest absolute Gasteiger partial charge is 0.469 e. The van der Waals surface area contributed by atoms with Gasteiger partial charge in [-0.1, -0.05) is 0 Å². The average molecular weight is 306 g/mol. The first kappa shape index (κ1) is 15.6. The monoisotopic (exact) mass is 306 g/mol. The topological polar surface area (TPSA) is 102 Å². The number of nitrogens with one attached hydrogen (secondary N) is 1. The zero-order chi connectivity index (χ0) is 14.5. The third-order valence-electron chi connectivity index (χ3n) is 2.05. The molecule has 19 heavy (non-hydrogen) atoms. The van der Waals surface area contributed by atoms with Crippen molar-refractivity contribution in [2.45, 2.75) is 12.8 Å². The van der Waals surface area contributed by atoms with Crippen molar-refractivity contribution >= 4 is 38.2 Å². The van der Waals surface area contributed by atoms with Gasteiger partial charge in [0.2, 0.25) is 5.91 Å². The molecular formula is C10H14N2O5S2. The van der Waals surface area contributed by atoms with Crippen LogP contribution in [0.15, 0.2) is 5.38 Å². The predicted molar refractivity (Wildman–Crippen MR) is 70.8 cm³/mol. The Hall–Kier alpha value is -1.48. The maximum absolute atomic E-state index is 11.4. The van der Waals surface area contributed by atoms with Crippen LogP contribution in [0.25, 0.3) is 0 Å². The lowest BCUT2D eigenvalue weighted by Crippen LogP contribution is -2.16. The van der Waals surface area contributed by atoms with E-state index in [1.54, 1.807) is 5.38 Å². The van der Waals surface area contributed by atoms with Gasteiger partial charge >= 0.3 is 5.97 Å². The second kappa shape index (κ2) is 6.62. The van der Waals surface area contributed by atoms with Crippen molar-refractivity contribution in [3.63, 3.8) is 0 Å². The summed E-state index contributed by atoms with van der Waals surface area (Å²) in [5.41, 5.74) is 0.496. The van der Waals surface area contributed by atoms with E-state index in [0.717, 1.165) is 17.6 Å². The highest BCUT2D eigenvalue weighted by Crippen LogP contribution is 2.16. The Morgan fingerprint density at radius 3 is 2.74 bits per heavy atom. The van der Waals surface area contributed by atoms with Crippen LogP contribution in [0.3, 0.4) is 0 Å². The molecule has 0 unspecified atom stereocenters. The molecule has 1 heterocycles. The normalized spacial score (nSPS) is 11.1. The summed E-state index contributed by atoms with van der Waals surface area (Å²) in [6.45, 7) is 0. The highest BCUT2D eigenvalue weighted by atomic mass is 32.2. The maximum atomic E-state index is 11.4. The predicted octanol–water partition coefficient (Wildman–Crippen LogP) is 0.232. The number of hydrogen-bond donors (Lipinski definition) is 1. The maximum Gasteiger partial charge on any atom is 0.311 e. The quantitative estimate of drug-likeness (QED) is 0.755. The molecule has 1 rings (SSSR count). The number of esters is 1. The van der Waals surface area contributed by atoms with Crippen molar-refractivity contribution in [1.29, 1.82) is 0 Å². The summed E-state index contributed by atoms with van der Waals surface area (Å²) >= 11 is 1.16. The van der Waals surface area contributed by atoms with Crippen LogP contribution < -0.4 is 5.32 Å². The number of amides is 1. The first-order chi connectivity index (χ1) is 8.80. The summed E-state index contributed by atoms with van der Waals surface area (Å²) in [4.78, 5) is 26.5. The molecule has 0 aliphatic carbocycles. The number of aromatic nitrogens is 1. The van der Waals surface area contributed by atoms with Gasteiger partial charge in [0.25, 0.3) is 0 Å². The van der Waals surface area contributed by atoms with E-state index >= 15 is 0 Å². The van der Waals surface area contributed by atoms with Crippen molar-refractivity contribution in [2.24, 2.45) is 0 Å². The molecule has 1 N–H and O–H groups in total. The summed E-state index contributed by atoms with van der Waals surface area (Å²) in [5.74, 6) is -1.05. The van der Waals surface area contributed by atoms with Gasteiger partial charge in [0.15, 0.2) is 5.13 Å². The highest BCUT2D eigenvalue weighted by Gasteiger charge is 2.11. The van der Waals surface area contributed by atoms with Crippen LogP contribution >= 0.6 is 11.3 Å². The van der Waals surface area contributed by atoms with E-state index in [0.29, 0.717) is 10.8 Å². The number of nitrogens with zero attached hydrogens (tertiary/aromatic N) is 1. The average Bonchev–Trinajstić information content (AvgIpc) is 2.73. The molecule has 0 fully saturated rings. The first-order valence-corrected chi connectivity index (χ1v) is 8.23. The van der Waals surface area contributed by atoms with Gasteiger partial charge in [-0.15, -0.1) is 11.3 Å². The minimum Gasteiger partial charge on any atom is -0.469 e. The Balaban J connectivity index is 2.49. The van der Waals surface area contributed by atoms with E-state index in [-0.39, 0.29) is 18.6 Å². The molecule has 106 valence electrons. The van der Waals surface area contributed by atoms with Crippen molar-refractivity contribution in [1.82, 2.24) is 4.98 Å². The van der Waals surface area contributed by atoms with Gasteiger partial charge < -0.3 is 10.1 Å². The van der Waals surface area contributed by atoms with Crippen LogP contribution in [-0.2, 0) is 30.6 Å². The Kier molecular flexibility index (Phi) is 5.43. The van der Waals surface area contributed by atoms with Gasteiger partial charge in [-0.25, -0.2) is 13.4 Å². The smallest absolute Gasteiger partial charge is 0.311 e. The summed E-state index contributed by atoms with van der Waals surface area (Å²) in [6, 6.07) is 0. The molecule has 7 nitrogen and oxygen atoms in total. The van der Waals surface area contributed by atoms with E-state index in [1.807, 2.05) is 0 Å². The Morgan fingerprint density at radius 2 is 2.16 bits per heavy atom. The SMILES string of the molecule is COC(=O)Cc1csc(NC(=O)CCS(C)(=O)=O)n1. The van der Waals surface area contributed by atoms with Gasteiger partial charge in [-0.3, -0.25) is 9.59 Å². The number of anilines is 1. The molecule has 0 spiro atoms. The van der Waals surface area contributed by atoms with Gasteiger partial charge in [0, 0.05) is 18.1 Å². The number of carbonyl (C=O) groups excluding carboxylic acids is 2. The van der Waals surface area contributed by atoms with Crippen molar-refractivity contribution < 1.29 is 22.7 Å². The molecule has 9 heteroatoms. The van der Waals surface area contributed by atoms with Gasteiger partial charge in [-0.05, 0) is 0 Å². The summed E-state index contributed by atoms with van der Waals surface area (Å²) in [6.07, 6.45) is 0.981. The van der Waals surface area contributed by atoms with Crippen LogP contribution in [0.2, 0.25) is 0 Å². The number of hydrogen-bond acceptors (Lipinski definition) is 7. The van der Waals surface area contributed by atoms with E-state index < -0.39 is 21.7 Å². The van der Waals surface area contributed by atoms with Crippen molar-refractivity contribution in [3.05, 3.63) is 11.1 Å². The molecule has 1 aromatic heterocycles. The van der Waals surface area contributed by atoms with Gasteiger partial charge in [0.1, 0.15) is 9.84 Å². The molecule has 0 bridgehead atoms. The lowest BCUT2D eigenvalue weighted by molar-refractivity contribution is -0.139. The molecule has 0 saturated heterocycles. The Labute approximate surface area is 114 Å². The Morgan fingerprint density at radius 1 is 1.47 bits per heavy atom. The molecule has 0 aliphatic heterocycles. The molecule has 1 amide bonds. The van der Waals surface area contributed by atoms with Gasteiger partial charge in [-0.2, -0.15) is 0 Å². The van der Waals surface area contributed by atoms with Crippen LogP contribution in [0.4, 0.5) is 5.13 Å². The first-order valence-electron chi connectivity index (χ1n) is 5.29. The zero-order valence-electron chi connectivity index (χ0n) is 10.5. The number of thiazole rings is 1. The van der Waals surface area contributed by atoms with Crippen LogP contribution in [0.5, 0.6) is 0 Å². The lowest BCUT2D eigenvalue weighted by atomic mass is 10.3. The molecular weight excluding hydrogens is 292 g/mol. The van der Waals surface area contributed by atoms with Crippen molar-refractivity contribution in [3.8, 4) is 0 Å². The molecule has 0 saturated carbocycles. The third-order valence-corrected chi connectivity index (χ3v) is 3.80. The second-order valence-corrected chi connectivity index (χ2v) is 6.94. The fraction of sp³-hybridized carbons (Fsp3) is 0.500. The molecule has 1 aromatic rings. The van der Waals surface area contributed by atoms with E-state index in [2.05, 4.69) is 15.0 Å². The summed E-state index contributed by atoms with van der Waals surface area (Å²) in [5, 5.41) is 4.44. The summed E-state index contributed by atoms with van der Waals surface area (Å²) in [7, 11) is -1.88. The Bertz CT molecular complexity index is 564. The van der Waals surface area contributed by atoms with Crippen LogP contribution in [-0.4, -0.2) is 44.4 Å². The van der Waals surface area contributed by atoms with Gasteiger partial charge in [0.05, 0.1) is 25.0 Å². The molecule has 0 aromatic carbocycles. The molecule has 0 aliphatic rings. The second-order valence-electron chi connectivity index (χ2n) is 3.82. The minimum absolute atomic E-state index is 0.0339. The van der Waals surface area contributed by atoms with E-state index in [4.69, 9.17) is 0 Å². The number of ether oxygens (including phenoxy) is 1.